The Hall–Kier alpha value is -0.950. The van der Waals surface area contributed by atoms with Gasteiger partial charge in [0.25, 0.3) is 0 Å². The van der Waals surface area contributed by atoms with Crippen molar-refractivity contribution >= 4 is 23.8 Å². The summed E-state index contributed by atoms with van der Waals surface area (Å²) < 4.78 is 0. The van der Waals surface area contributed by atoms with Crippen molar-refractivity contribution < 1.29 is 19.8 Å². The van der Waals surface area contributed by atoms with Crippen molar-refractivity contribution in [2.45, 2.75) is 37.2 Å². The van der Waals surface area contributed by atoms with E-state index in [1.54, 1.807) is 4.90 Å². The van der Waals surface area contributed by atoms with E-state index < -0.39 is 12.0 Å². The van der Waals surface area contributed by atoms with Crippen LogP contribution in [0.4, 0.5) is 4.79 Å². The first-order chi connectivity index (χ1) is 8.56. The van der Waals surface area contributed by atoms with Crippen molar-refractivity contribution in [1.29, 1.82) is 0 Å². The van der Waals surface area contributed by atoms with Gasteiger partial charge in [0.2, 0.25) is 0 Å². The number of hydrogen-bond donors (Lipinski definition) is 2. The molecule has 0 aromatic carbocycles. The van der Waals surface area contributed by atoms with E-state index in [1.807, 2.05) is 6.92 Å². The molecule has 0 bridgehead atoms. The number of aliphatic hydroxyl groups is 1. The Kier molecular flexibility index (Phi) is 4.01. The van der Waals surface area contributed by atoms with Gasteiger partial charge in [-0.3, -0.25) is 4.90 Å². The summed E-state index contributed by atoms with van der Waals surface area (Å²) in [6.45, 7) is 2.39. The van der Waals surface area contributed by atoms with Crippen LogP contribution in [-0.2, 0) is 4.79 Å². The van der Waals surface area contributed by atoms with Crippen molar-refractivity contribution in [2.24, 2.45) is 0 Å². The van der Waals surface area contributed by atoms with Crippen LogP contribution in [0.2, 0.25) is 0 Å². The number of carbonyl (C=O) groups excluding carboxylic acids is 1. The van der Waals surface area contributed by atoms with Crippen LogP contribution in [0, 0.1) is 0 Å². The highest BCUT2D eigenvalue weighted by atomic mass is 32.2. The average molecular weight is 274 g/mol. The SMILES string of the molecule is CC1SCC(C(=O)O)N1C(=O)N1CCCC1CO. The Morgan fingerprint density at radius 1 is 1.44 bits per heavy atom. The van der Waals surface area contributed by atoms with E-state index in [9.17, 15) is 14.7 Å². The van der Waals surface area contributed by atoms with E-state index >= 15 is 0 Å². The maximum Gasteiger partial charge on any atom is 0.327 e. The summed E-state index contributed by atoms with van der Waals surface area (Å²) in [6, 6.07) is -1.17. The van der Waals surface area contributed by atoms with E-state index in [-0.39, 0.29) is 24.1 Å². The Morgan fingerprint density at radius 3 is 2.78 bits per heavy atom. The lowest BCUT2D eigenvalue weighted by Gasteiger charge is -2.32. The number of aliphatic carboxylic acids is 1. The molecule has 3 atom stereocenters. The Bertz CT molecular complexity index is 352. The molecule has 0 aliphatic carbocycles. The first-order valence-electron chi connectivity index (χ1n) is 6.10. The van der Waals surface area contributed by atoms with Crippen molar-refractivity contribution in [3.63, 3.8) is 0 Å². The molecule has 18 heavy (non-hydrogen) atoms. The third kappa shape index (κ3) is 2.29. The molecular formula is C11H18N2O4S. The lowest BCUT2D eigenvalue weighted by atomic mass is 10.2. The van der Waals surface area contributed by atoms with Gasteiger partial charge in [-0.1, -0.05) is 0 Å². The molecule has 2 rings (SSSR count). The number of urea groups is 1. The molecular weight excluding hydrogens is 256 g/mol. The molecule has 0 aromatic heterocycles. The second kappa shape index (κ2) is 5.36. The van der Waals surface area contributed by atoms with Gasteiger partial charge in [-0.15, -0.1) is 11.8 Å². The van der Waals surface area contributed by atoms with Gasteiger partial charge >= 0.3 is 12.0 Å². The summed E-state index contributed by atoms with van der Waals surface area (Å²) in [7, 11) is 0. The van der Waals surface area contributed by atoms with Crippen molar-refractivity contribution in [3.05, 3.63) is 0 Å². The van der Waals surface area contributed by atoms with Gasteiger partial charge in [0.1, 0.15) is 6.04 Å². The topological polar surface area (TPSA) is 81.1 Å². The van der Waals surface area contributed by atoms with Crippen LogP contribution in [0.5, 0.6) is 0 Å². The summed E-state index contributed by atoms with van der Waals surface area (Å²) in [6.07, 6.45) is 1.65. The van der Waals surface area contributed by atoms with Gasteiger partial charge in [-0.05, 0) is 19.8 Å². The van der Waals surface area contributed by atoms with Gasteiger partial charge in [-0.25, -0.2) is 9.59 Å². The smallest absolute Gasteiger partial charge is 0.327 e. The highest BCUT2D eigenvalue weighted by Crippen LogP contribution is 2.31. The number of hydrogen-bond acceptors (Lipinski definition) is 4. The number of carboxylic acid groups (broad SMARTS) is 1. The fourth-order valence-corrected chi connectivity index (χ4v) is 3.71. The molecule has 0 spiro atoms. The van der Waals surface area contributed by atoms with Crippen LogP contribution >= 0.6 is 11.8 Å². The molecule has 0 saturated carbocycles. The normalized spacial score (nSPS) is 32.0. The third-order valence-electron chi connectivity index (χ3n) is 3.56. The van der Waals surface area contributed by atoms with Gasteiger partial charge in [0.15, 0.2) is 0 Å². The molecule has 2 aliphatic heterocycles. The number of nitrogens with zero attached hydrogens (tertiary/aromatic N) is 2. The fraction of sp³-hybridized carbons (Fsp3) is 0.818. The minimum Gasteiger partial charge on any atom is -0.480 e. The van der Waals surface area contributed by atoms with Crippen molar-refractivity contribution in [3.8, 4) is 0 Å². The lowest BCUT2D eigenvalue weighted by Crippen LogP contribution is -2.52. The summed E-state index contributed by atoms with van der Waals surface area (Å²) in [5.74, 6) is -0.528. The lowest BCUT2D eigenvalue weighted by molar-refractivity contribution is -0.141. The molecule has 3 unspecified atom stereocenters. The standard InChI is InChI=1S/C11H18N2O4S/c1-7-13(9(6-18-7)10(15)16)11(17)12-4-2-3-8(12)5-14/h7-9,14H,2-6H2,1H3,(H,15,16). The second-order valence-electron chi connectivity index (χ2n) is 4.65. The highest BCUT2D eigenvalue weighted by Gasteiger charge is 2.43. The van der Waals surface area contributed by atoms with Gasteiger partial charge in [0.05, 0.1) is 18.0 Å². The predicted octanol–water partition coefficient (Wildman–Crippen LogP) is 0.411. The van der Waals surface area contributed by atoms with Gasteiger partial charge < -0.3 is 15.1 Å². The van der Waals surface area contributed by atoms with E-state index in [0.29, 0.717) is 12.3 Å². The minimum absolute atomic E-state index is 0.0567. The number of carbonyl (C=O) groups is 2. The molecule has 0 radical (unpaired) electrons. The molecule has 6 nitrogen and oxygen atoms in total. The fourth-order valence-electron chi connectivity index (χ4n) is 2.55. The zero-order chi connectivity index (χ0) is 13.3. The third-order valence-corrected chi connectivity index (χ3v) is 4.78. The van der Waals surface area contributed by atoms with E-state index in [4.69, 9.17) is 5.11 Å². The zero-order valence-corrected chi connectivity index (χ0v) is 11.1. The zero-order valence-electron chi connectivity index (χ0n) is 10.3. The largest absolute Gasteiger partial charge is 0.480 e. The number of likely N-dealkylation sites (tertiary alicyclic amines) is 1. The van der Waals surface area contributed by atoms with Gasteiger partial charge in [0, 0.05) is 12.3 Å². The van der Waals surface area contributed by atoms with Crippen molar-refractivity contribution in [1.82, 2.24) is 9.80 Å². The molecule has 0 aromatic rings. The minimum atomic E-state index is -0.958. The number of thioether (sulfide) groups is 1. The maximum atomic E-state index is 12.4. The van der Waals surface area contributed by atoms with E-state index in [1.165, 1.54) is 16.7 Å². The van der Waals surface area contributed by atoms with E-state index in [0.717, 1.165) is 12.8 Å². The van der Waals surface area contributed by atoms with Gasteiger partial charge in [-0.2, -0.15) is 0 Å². The molecule has 2 aliphatic rings. The Labute approximate surface area is 110 Å². The number of rotatable bonds is 2. The van der Waals surface area contributed by atoms with Crippen LogP contribution in [0.25, 0.3) is 0 Å². The quantitative estimate of drug-likeness (QED) is 0.762. The van der Waals surface area contributed by atoms with Crippen LogP contribution < -0.4 is 0 Å². The molecule has 102 valence electrons. The number of aliphatic hydroxyl groups excluding tert-OH is 1. The van der Waals surface area contributed by atoms with Crippen LogP contribution in [0.3, 0.4) is 0 Å². The van der Waals surface area contributed by atoms with Crippen molar-refractivity contribution in [2.75, 3.05) is 18.9 Å². The monoisotopic (exact) mass is 274 g/mol. The number of amides is 2. The van der Waals surface area contributed by atoms with Crippen LogP contribution in [-0.4, -0.2) is 68.4 Å². The van der Waals surface area contributed by atoms with Crippen LogP contribution in [0.1, 0.15) is 19.8 Å². The van der Waals surface area contributed by atoms with E-state index in [2.05, 4.69) is 0 Å². The summed E-state index contributed by atoms with van der Waals surface area (Å²) in [5.41, 5.74) is 0. The second-order valence-corrected chi connectivity index (χ2v) is 6.00. The Morgan fingerprint density at radius 2 is 2.17 bits per heavy atom. The highest BCUT2D eigenvalue weighted by molar-refractivity contribution is 8.00. The first-order valence-corrected chi connectivity index (χ1v) is 7.15. The molecule has 2 N–H and O–H groups in total. The average Bonchev–Trinajstić information content (AvgIpc) is 2.93. The molecule has 2 amide bonds. The molecule has 2 fully saturated rings. The predicted molar refractivity (Wildman–Crippen MR) is 67.4 cm³/mol. The molecule has 2 heterocycles. The molecule has 2 saturated heterocycles. The maximum absolute atomic E-state index is 12.4. The summed E-state index contributed by atoms with van der Waals surface area (Å²) in [4.78, 5) is 26.6. The van der Waals surface area contributed by atoms with Crippen LogP contribution in [0.15, 0.2) is 0 Å². The first kappa shape index (κ1) is 13.5. The summed E-state index contributed by atoms with van der Waals surface area (Å²) in [5, 5.41) is 18.2. The number of carboxylic acids is 1. The summed E-state index contributed by atoms with van der Waals surface area (Å²) >= 11 is 1.47. The molecule has 7 heteroatoms. The Balaban J connectivity index is 2.13.